The van der Waals surface area contributed by atoms with E-state index in [1.807, 2.05) is 0 Å². The molecule has 0 aliphatic carbocycles. The molecule has 2 heterocycles. The molecule has 1 aliphatic heterocycles. The van der Waals surface area contributed by atoms with E-state index in [1.54, 1.807) is 0 Å². The highest BCUT2D eigenvalue weighted by atomic mass is 35.5. The summed E-state index contributed by atoms with van der Waals surface area (Å²) in [4.78, 5) is 6.34. The zero-order valence-electron chi connectivity index (χ0n) is 10.8. The Hall–Kier alpha value is -0.610. The van der Waals surface area contributed by atoms with Crippen LogP contribution in [-0.4, -0.2) is 28.3 Å². The lowest BCUT2D eigenvalue weighted by Crippen LogP contribution is -2.40. The molecule has 1 aromatic rings. The molecule has 1 saturated heterocycles. The van der Waals surface area contributed by atoms with Gasteiger partial charge in [-0.15, -0.1) is 10.2 Å². The highest BCUT2D eigenvalue weighted by Crippen LogP contribution is 2.39. The van der Waals surface area contributed by atoms with Crippen molar-refractivity contribution in [3.05, 3.63) is 10.4 Å². The summed E-state index contributed by atoms with van der Waals surface area (Å²) in [5.74, 6) is 0.664. The van der Waals surface area contributed by atoms with E-state index in [-0.39, 0.29) is 5.28 Å². The van der Waals surface area contributed by atoms with E-state index in [0.717, 1.165) is 25.9 Å². The van der Waals surface area contributed by atoms with Crippen LogP contribution in [0.25, 0.3) is 0 Å². The quantitative estimate of drug-likeness (QED) is 0.852. The zero-order chi connectivity index (χ0) is 13.2. The van der Waals surface area contributed by atoms with Crippen molar-refractivity contribution in [3.63, 3.8) is 0 Å². The van der Waals surface area contributed by atoms with Crippen molar-refractivity contribution in [2.45, 2.75) is 39.5 Å². The van der Waals surface area contributed by atoms with E-state index in [2.05, 4.69) is 33.9 Å². The molecule has 0 atom stereocenters. The molecule has 0 amide bonds. The summed E-state index contributed by atoms with van der Waals surface area (Å²) in [5, 5.41) is 7.93. The molecule has 4 nitrogen and oxygen atoms in total. The fraction of sp³-hybridized carbons (Fsp3) is 0.750. The molecule has 2 rings (SSSR count). The summed E-state index contributed by atoms with van der Waals surface area (Å²) in [5.41, 5.74) is 0.479. The number of rotatable bonds is 3. The lowest BCUT2D eigenvalue weighted by Gasteiger charge is -2.41. The van der Waals surface area contributed by atoms with Crippen LogP contribution in [-0.2, 0) is 0 Å². The Balaban J connectivity index is 2.12. The first-order valence-corrected chi connectivity index (χ1v) is 7.16. The largest absolute Gasteiger partial charge is 0.354 e. The molecular weight excluding hydrogens is 271 g/mol. The molecule has 0 saturated carbocycles. The number of halogens is 2. The van der Waals surface area contributed by atoms with Gasteiger partial charge in [0.25, 0.3) is 0 Å². The maximum atomic E-state index is 6.03. The van der Waals surface area contributed by atoms with Gasteiger partial charge >= 0.3 is 0 Å². The first-order valence-electron chi connectivity index (χ1n) is 6.41. The van der Waals surface area contributed by atoms with Crippen molar-refractivity contribution < 1.29 is 0 Å². The number of piperidine rings is 1. The van der Waals surface area contributed by atoms with Crippen LogP contribution in [0, 0.1) is 5.41 Å². The summed E-state index contributed by atoms with van der Waals surface area (Å²) < 4.78 is 0. The molecule has 0 spiro atoms. The SMILES string of the molecule is CCC1(CC)CCN(c2nc(Cl)nnc2Cl)CC1. The average molecular weight is 289 g/mol. The Labute approximate surface area is 118 Å². The Morgan fingerprint density at radius 3 is 2.28 bits per heavy atom. The van der Waals surface area contributed by atoms with Crippen molar-refractivity contribution in [2.75, 3.05) is 18.0 Å². The number of hydrogen-bond donors (Lipinski definition) is 0. The van der Waals surface area contributed by atoms with Crippen molar-refractivity contribution in [1.29, 1.82) is 0 Å². The number of aromatic nitrogens is 3. The molecule has 100 valence electrons. The predicted molar refractivity (Wildman–Crippen MR) is 74.3 cm³/mol. The normalized spacial score (nSPS) is 19.0. The summed E-state index contributed by atoms with van der Waals surface area (Å²) in [6.45, 7) is 6.46. The van der Waals surface area contributed by atoms with Crippen LogP contribution in [0.15, 0.2) is 0 Å². The molecule has 0 aromatic carbocycles. The predicted octanol–water partition coefficient (Wildman–Crippen LogP) is 3.59. The summed E-state index contributed by atoms with van der Waals surface area (Å²) in [6.07, 6.45) is 4.79. The number of hydrogen-bond acceptors (Lipinski definition) is 4. The lowest BCUT2D eigenvalue weighted by molar-refractivity contribution is 0.199. The second-order valence-corrected chi connectivity index (χ2v) is 5.59. The van der Waals surface area contributed by atoms with Gasteiger partial charge in [0.05, 0.1) is 0 Å². The smallest absolute Gasteiger partial charge is 0.245 e. The van der Waals surface area contributed by atoms with Gasteiger partial charge in [0.15, 0.2) is 11.0 Å². The molecule has 1 aromatic heterocycles. The van der Waals surface area contributed by atoms with Crippen LogP contribution < -0.4 is 4.90 Å². The van der Waals surface area contributed by atoms with Crippen LogP contribution in [0.5, 0.6) is 0 Å². The van der Waals surface area contributed by atoms with E-state index in [1.165, 1.54) is 12.8 Å². The number of anilines is 1. The molecule has 0 bridgehead atoms. The van der Waals surface area contributed by atoms with E-state index < -0.39 is 0 Å². The third-order valence-electron chi connectivity index (χ3n) is 4.23. The molecule has 18 heavy (non-hydrogen) atoms. The molecule has 6 heteroatoms. The topological polar surface area (TPSA) is 41.9 Å². The lowest BCUT2D eigenvalue weighted by atomic mass is 9.74. The van der Waals surface area contributed by atoms with Gasteiger partial charge in [-0.05, 0) is 29.9 Å². The fourth-order valence-electron chi connectivity index (χ4n) is 2.64. The minimum absolute atomic E-state index is 0.150. The second-order valence-electron chi connectivity index (χ2n) is 4.89. The minimum Gasteiger partial charge on any atom is -0.354 e. The second kappa shape index (κ2) is 5.57. The van der Waals surface area contributed by atoms with Crippen LogP contribution in [0.3, 0.4) is 0 Å². The third kappa shape index (κ3) is 2.69. The molecule has 0 N–H and O–H groups in total. The van der Waals surface area contributed by atoms with Gasteiger partial charge in [-0.1, -0.05) is 38.3 Å². The van der Waals surface area contributed by atoms with Crippen LogP contribution >= 0.6 is 23.2 Å². The Morgan fingerprint density at radius 2 is 1.72 bits per heavy atom. The van der Waals surface area contributed by atoms with Crippen molar-refractivity contribution in [1.82, 2.24) is 15.2 Å². The Kier molecular flexibility index (Phi) is 4.28. The van der Waals surface area contributed by atoms with E-state index in [0.29, 0.717) is 16.4 Å². The van der Waals surface area contributed by atoms with Gasteiger partial charge in [-0.3, -0.25) is 0 Å². The van der Waals surface area contributed by atoms with Crippen LogP contribution in [0.1, 0.15) is 39.5 Å². The molecule has 0 unspecified atom stereocenters. The first-order chi connectivity index (χ1) is 8.60. The Morgan fingerprint density at radius 1 is 1.11 bits per heavy atom. The zero-order valence-corrected chi connectivity index (χ0v) is 12.3. The van der Waals surface area contributed by atoms with E-state index in [9.17, 15) is 0 Å². The summed E-state index contributed by atoms with van der Waals surface area (Å²) in [6, 6.07) is 0. The van der Waals surface area contributed by atoms with Crippen LogP contribution in [0.2, 0.25) is 10.4 Å². The highest BCUT2D eigenvalue weighted by molar-refractivity contribution is 6.32. The maximum absolute atomic E-state index is 6.03. The standard InChI is InChI=1S/C12H18Cl2N4/c1-3-12(4-2)5-7-18(8-6-12)10-9(13)16-17-11(14)15-10/h3-8H2,1-2H3. The molecule has 1 aliphatic rings. The third-order valence-corrected chi connectivity index (χ3v) is 4.63. The average Bonchev–Trinajstić information content (AvgIpc) is 2.42. The molecular formula is C12H18Cl2N4. The van der Waals surface area contributed by atoms with E-state index in [4.69, 9.17) is 23.2 Å². The first kappa shape index (κ1) is 13.8. The van der Waals surface area contributed by atoms with E-state index >= 15 is 0 Å². The van der Waals surface area contributed by atoms with Crippen molar-refractivity contribution in [3.8, 4) is 0 Å². The highest BCUT2D eigenvalue weighted by Gasteiger charge is 2.32. The fourth-order valence-corrected chi connectivity index (χ4v) is 2.95. The number of nitrogens with zero attached hydrogens (tertiary/aromatic N) is 4. The monoisotopic (exact) mass is 288 g/mol. The summed E-state index contributed by atoms with van der Waals surface area (Å²) in [7, 11) is 0. The molecule has 0 radical (unpaired) electrons. The minimum atomic E-state index is 0.150. The van der Waals surface area contributed by atoms with Gasteiger partial charge in [-0.25, -0.2) is 0 Å². The van der Waals surface area contributed by atoms with Gasteiger partial charge in [-0.2, -0.15) is 4.98 Å². The van der Waals surface area contributed by atoms with Crippen LogP contribution in [0.4, 0.5) is 5.82 Å². The Bertz CT molecular complexity index is 411. The molecule has 1 fully saturated rings. The van der Waals surface area contributed by atoms with Gasteiger partial charge in [0.2, 0.25) is 5.28 Å². The van der Waals surface area contributed by atoms with Gasteiger partial charge in [0.1, 0.15) is 0 Å². The van der Waals surface area contributed by atoms with Gasteiger partial charge in [0, 0.05) is 13.1 Å². The van der Waals surface area contributed by atoms with Crippen molar-refractivity contribution >= 4 is 29.0 Å². The summed E-state index contributed by atoms with van der Waals surface area (Å²) >= 11 is 11.8. The maximum Gasteiger partial charge on any atom is 0.245 e. The van der Waals surface area contributed by atoms with Crippen molar-refractivity contribution in [2.24, 2.45) is 5.41 Å². The van der Waals surface area contributed by atoms with Gasteiger partial charge < -0.3 is 4.90 Å².